The molecular formula is C21H32BN5O4. The minimum absolute atomic E-state index is 0.0609. The Morgan fingerprint density at radius 3 is 2.45 bits per heavy atom. The summed E-state index contributed by atoms with van der Waals surface area (Å²) >= 11 is 0. The van der Waals surface area contributed by atoms with E-state index in [9.17, 15) is 4.79 Å². The summed E-state index contributed by atoms with van der Waals surface area (Å²) in [5, 5.41) is 8.33. The van der Waals surface area contributed by atoms with Crippen LogP contribution < -0.4 is 5.46 Å². The van der Waals surface area contributed by atoms with Crippen molar-refractivity contribution in [3.8, 4) is 11.4 Å². The topological polar surface area (TPSA) is 91.6 Å². The molecule has 31 heavy (non-hydrogen) atoms. The monoisotopic (exact) mass is 429 g/mol. The number of carbonyl (C=O) groups is 1. The summed E-state index contributed by atoms with van der Waals surface area (Å²) in [6, 6.07) is 3.81. The normalized spacial score (nSPS) is 17.1. The summed E-state index contributed by atoms with van der Waals surface area (Å²) in [5.74, 6) is 0. The highest BCUT2D eigenvalue weighted by Crippen LogP contribution is 2.36. The smallest absolute Gasteiger partial charge is 0.443 e. The number of aromatic nitrogens is 4. The predicted octanol–water partition coefficient (Wildman–Crippen LogP) is 2.46. The van der Waals surface area contributed by atoms with Gasteiger partial charge >= 0.3 is 13.2 Å². The highest BCUT2D eigenvalue weighted by atomic mass is 16.7. The first-order chi connectivity index (χ1) is 14.5. The van der Waals surface area contributed by atoms with Crippen molar-refractivity contribution in [1.82, 2.24) is 24.9 Å². The van der Waals surface area contributed by atoms with Crippen LogP contribution in [-0.2, 0) is 27.7 Å². The highest BCUT2D eigenvalue weighted by Gasteiger charge is 2.52. The van der Waals surface area contributed by atoms with Gasteiger partial charge in [0.1, 0.15) is 18.0 Å². The summed E-state index contributed by atoms with van der Waals surface area (Å²) in [4.78, 5) is 18.4. The molecule has 3 heterocycles. The Hall–Kier alpha value is -2.46. The first kappa shape index (κ1) is 23.2. The number of pyridine rings is 1. The summed E-state index contributed by atoms with van der Waals surface area (Å²) < 4.78 is 19.4. The van der Waals surface area contributed by atoms with Gasteiger partial charge in [-0.2, -0.15) is 0 Å². The van der Waals surface area contributed by atoms with E-state index in [4.69, 9.17) is 19.0 Å². The molecular weight excluding hydrogens is 397 g/mol. The van der Waals surface area contributed by atoms with E-state index in [0.717, 1.165) is 17.6 Å². The Bertz CT molecular complexity index is 943. The lowest BCUT2D eigenvalue weighted by Gasteiger charge is -2.32. The Labute approximate surface area is 184 Å². The standard InChI is InChI=1S/C21H32BN5O4/c1-9-12-26(7)19(28)29-13-17-18(24-25-27(17)8)16-11-10-15(14(2)23-16)22-30-20(3,4)21(5,6)31-22/h10-11H,9,12-13H2,1-8H3. The molecule has 0 atom stereocenters. The van der Waals surface area contributed by atoms with Gasteiger partial charge in [-0.1, -0.05) is 18.2 Å². The van der Waals surface area contributed by atoms with Gasteiger partial charge in [0.15, 0.2) is 0 Å². The van der Waals surface area contributed by atoms with Crippen molar-refractivity contribution in [2.24, 2.45) is 7.05 Å². The van der Waals surface area contributed by atoms with E-state index in [2.05, 4.69) is 10.3 Å². The number of aryl methyl sites for hydroxylation is 2. The van der Waals surface area contributed by atoms with E-state index < -0.39 is 18.3 Å². The molecule has 0 unspecified atom stereocenters. The van der Waals surface area contributed by atoms with Gasteiger partial charge in [-0.05, 0) is 47.1 Å². The molecule has 0 saturated carbocycles. The Kier molecular flexibility index (Phi) is 6.43. The summed E-state index contributed by atoms with van der Waals surface area (Å²) in [6.07, 6.45) is 0.483. The van der Waals surface area contributed by atoms with Crippen LogP contribution in [0.1, 0.15) is 52.4 Å². The average molecular weight is 429 g/mol. The van der Waals surface area contributed by atoms with Gasteiger partial charge in [-0.3, -0.25) is 4.98 Å². The number of hydrogen-bond acceptors (Lipinski definition) is 7. The van der Waals surface area contributed by atoms with Crippen LogP contribution in [0, 0.1) is 6.92 Å². The van der Waals surface area contributed by atoms with Crippen molar-refractivity contribution < 1.29 is 18.8 Å². The van der Waals surface area contributed by atoms with E-state index in [1.54, 1.807) is 23.7 Å². The second-order valence-corrected chi connectivity index (χ2v) is 8.94. The van der Waals surface area contributed by atoms with Crippen molar-refractivity contribution in [3.63, 3.8) is 0 Å². The van der Waals surface area contributed by atoms with Gasteiger partial charge in [-0.15, -0.1) is 5.10 Å². The highest BCUT2D eigenvalue weighted by molar-refractivity contribution is 6.62. The maximum atomic E-state index is 12.1. The van der Waals surface area contributed by atoms with Crippen LogP contribution >= 0.6 is 0 Å². The van der Waals surface area contributed by atoms with Crippen LogP contribution in [0.2, 0.25) is 0 Å². The van der Waals surface area contributed by atoms with Crippen LogP contribution in [0.15, 0.2) is 12.1 Å². The van der Waals surface area contributed by atoms with Crippen LogP contribution in [0.3, 0.4) is 0 Å². The number of nitrogens with zero attached hydrogens (tertiary/aromatic N) is 5. The zero-order valence-electron chi connectivity index (χ0n) is 19.7. The molecule has 3 rings (SSSR count). The van der Waals surface area contributed by atoms with Gasteiger partial charge in [-0.25, -0.2) is 9.48 Å². The maximum absolute atomic E-state index is 12.1. The fourth-order valence-electron chi connectivity index (χ4n) is 3.33. The van der Waals surface area contributed by atoms with Gasteiger partial charge in [0, 0.05) is 31.8 Å². The van der Waals surface area contributed by atoms with Crippen LogP contribution in [-0.4, -0.2) is 62.9 Å². The summed E-state index contributed by atoms with van der Waals surface area (Å²) in [6.45, 7) is 12.7. The van der Waals surface area contributed by atoms with Crippen molar-refractivity contribution in [2.75, 3.05) is 13.6 Å². The molecule has 2 aromatic heterocycles. The molecule has 10 heteroatoms. The minimum Gasteiger partial charge on any atom is -0.443 e. The van der Waals surface area contributed by atoms with E-state index in [-0.39, 0.29) is 12.7 Å². The van der Waals surface area contributed by atoms with Crippen LogP contribution in [0.5, 0.6) is 0 Å². The zero-order valence-corrected chi connectivity index (χ0v) is 19.7. The minimum atomic E-state index is -0.483. The third-order valence-corrected chi connectivity index (χ3v) is 6.02. The van der Waals surface area contributed by atoms with Crippen molar-refractivity contribution >= 4 is 18.7 Å². The van der Waals surface area contributed by atoms with Crippen molar-refractivity contribution in [3.05, 3.63) is 23.5 Å². The molecule has 0 aliphatic carbocycles. The van der Waals surface area contributed by atoms with Gasteiger partial charge < -0.3 is 18.9 Å². The third kappa shape index (κ3) is 4.59. The number of amides is 1. The molecule has 1 aliphatic heterocycles. The first-order valence-electron chi connectivity index (χ1n) is 10.6. The Balaban J connectivity index is 1.81. The predicted molar refractivity (Wildman–Crippen MR) is 118 cm³/mol. The molecule has 0 radical (unpaired) electrons. The van der Waals surface area contributed by atoms with Crippen LogP contribution in [0.25, 0.3) is 11.4 Å². The quantitative estimate of drug-likeness (QED) is 0.652. The summed E-state index contributed by atoms with van der Waals surface area (Å²) in [5.41, 5.74) is 2.72. The van der Waals surface area contributed by atoms with Gasteiger partial charge in [0.2, 0.25) is 0 Å². The SMILES string of the molecule is CCCN(C)C(=O)OCc1c(-c2ccc(B3OC(C)(C)C(C)(C)O3)c(C)n2)nnn1C. The molecule has 9 nitrogen and oxygen atoms in total. The molecule has 1 amide bonds. The zero-order chi connectivity index (χ0) is 23.0. The van der Waals surface area contributed by atoms with Gasteiger partial charge in [0.25, 0.3) is 0 Å². The molecule has 1 aliphatic rings. The molecule has 2 aromatic rings. The lowest BCUT2D eigenvalue weighted by molar-refractivity contribution is 0.00578. The second-order valence-electron chi connectivity index (χ2n) is 8.94. The van der Waals surface area contributed by atoms with Crippen molar-refractivity contribution in [2.45, 2.75) is 65.8 Å². The molecule has 1 saturated heterocycles. The first-order valence-corrected chi connectivity index (χ1v) is 10.6. The third-order valence-electron chi connectivity index (χ3n) is 6.02. The molecule has 0 N–H and O–H groups in total. The molecule has 0 aromatic carbocycles. The molecule has 0 spiro atoms. The number of rotatable bonds is 6. The van der Waals surface area contributed by atoms with E-state index in [0.29, 0.717) is 23.6 Å². The van der Waals surface area contributed by atoms with Gasteiger partial charge in [0.05, 0.1) is 16.9 Å². The number of hydrogen-bond donors (Lipinski definition) is 0. The molecule has 1 fully saturated rings. The number of carbonyl (C=O) groups excluding carboxylic acids is 1. The lowest BCUT2D eigenvalue weighted by atomic mass is 9.78. The summed E-state index contributed by atoms with van der Waals surface area (Å²) in [7, 11) is 3.00. The second kappa shape index (κ2) is 8.59. The molecule has 168 valence electrons. The lowest BCUT2D eigenvalue weighted by Crippen LogP contribution is -2.41. The largest absolute Gasteiger partial charge is 0.496 e. The maximum Gasteiger partial charge on any atom is 0.496 e. The Morgan fingerprint density at radius 2 is 1.87 bits per heavy atom. The van der Waals surface area contributed by atoms with E-state index >= 15 is 0 Å². The van der Waals surface area contributed by atoms with E-state index in [1.807, 2.05) is 53.7 Å². The van der Waals surface area contributed by atoms with Crippen LogP contribution in [0.4, 0.5) is 4.79 Å². The number of ether oxygens (including phenoxy) is 1. The average Bonchev–Trinajstić information content (AvgIpc) is 3.15. The van der Waals surface area contributed by atoms with Crippen molar-refractivity contribution in [1.29, 1.82) is 0 Å². The fourth-order valence-corrected chi connectivity index (χ4v) is 3.33. The Morgan fingerprint density at radius 1 is 1.23 bits per heavy atom. The molecule has 0 bridgehead atoms. The fraction of sp³-hybridized carbons (Fsp3) is 0.619. The van der Waals surface area contributed by atoms with E-state index in [1.165, 1.54) is 0 Å².